The lowest BCUT2D eigenvalue weighted by Crippen LogP contribution is -1.94. The van der Waals surface area contributed by atoms with Gasteiger partial charge in [-0.1, -0.05) is 0 Å². The Morgan fingerprint density at radius 3 is 2.75 bits per heavy atom. The number of methoxy groups -OCH3 is 1. The molecule has 1 N–H and O–H groups in total. The van der Waals surface area contributed by atoms with Gasteiger partial charge in [-0.2, -0.15) is 0 Å². The summed E-state index contributed by atoms with van der Waals surface area (Å²) in [5.74, 6) is -0.991. The number of hydrogen-bond donors (Lipinski definition) is 1. The second kappa shape index (κ2) is 4.92. The van der Waals surface area contributed by atoms with E-state index in [0.29, 0.717) is 5.56 Å². The highest BCUT2D eigenvalue weighted by atomic mass is 16.6. The number of carbonyl (C=O) groups is 1. The molecule has 84 valence electrons. The first-order chi connectivity index (χ1) is 7.54. The number of hydrogen-bond acceptors (Lipinski definition) is 4. The van der Waals surface area contributed by atoms with E-state index in [4.69, 9.17) is 9.84 Å². The summed E-state index contributed by atoms with van der Waals surface area (Å²) in [4.78, 5) is 20.3. The number of nitrogens with zero attached hydrogens (tertiary/aromatic N) is 1. The van der Waals surface area contributed by atoms with E-state index < -0.39 is 10.9 Å². The molecule has 0 atom stereocenters. The normalized spacial score (nSPS) is 10.3. The Morgan fingerprint density at radius 2 is 2.25 bits per heavy atom. The van der Waals surface area contributed by atoms with E-state index >= 15 is 0 Å². The molecule has 0 heterocycles. The molecule has 0 amide bonds. The molecule has 0 spiro atoms. The summed E-state index contributed by atoms with van der Waals surface area (Å²) in [6, 6.07) is 4.11. The van der Waals surface area contributed by atoms with Crippen LogP contribution >= 0.6 is 0 Å². The van der Waals surface area contributed by atoms with Crippen molar-refractivity contribution < 1.29 is 19.6 Å². The highest BCUT2D eigenvalue weighted by Crippen LogP contribution is 2.27. The van der Waals surface area contributed by atoms with Crippen molar-refractivity contribution in [2.75, 3.05) is 7.11 Å². The third kappa shape index (κ3) is 2.81. The van der Waals surface area contributed by atoms with Gasteiger partial charge in [-0.05, 0) is 23.8 Å². The average molecular weight is 223 g/mol. The number of aliphatic carboxylic acids is 1. The summed E-state index contributed by atoms with van der Waals surface area (Å²) in [5, 5.41) is 19.0. The average Bonchev–Trinajstić information content (AvgIpc) is 2.25. The van der Waals surface area contributed by atoms with Gasteiger partial charge in [-0.25, -0.2) is 4.79 Å². The Morgan fingerprint density at radius 1 is 1.56 bits per heavy atom. The second-order valence-corrected chi connectivity index (χ2v) is 2.86. The van der Waals surface area contributed by atoms with Gasteiger partial charge in [0.1, 0.15) is 0 Å². The molecule has 0 saturated carbocycles. The van der Waals surface area contributed by atoms with E-state index in [1.165, 1.54) is 31.4 Å². The first kappa shape index (κ1) is 11.7. The van der Waals surface area contributed by atoms with Crippen LogP contribution in [0.2, 0.25) is 0 Å². The smallest absolute Gasteiger partial charge is 0.328 e. The Kier molecular flexibility index (Phi) is 3.60. The molecule has 0 radical (unpaired) electrons. The Labute approximate surface area is 90.9 Å². The number of nitro benzene ring substituents is 1. The van der Waals surface area contributed by atoms with Crippen LogP contribution in [0.25, 0.3) is 6.08 Å². The van der Waals surface area contributed by atoms with Gasteiger partial charge >= 0.3 is 11.7 Å². The summed E-state index contributed by atoms with van der Waals surface area (Å²) >= 11 is 0. The molecule has 6 heteroatoms. The van der Waals surface area contributed by atoms with Crippen molar-refractivity contribution in [2.45, 2.75) is 0 Å². The number of carboxylic acids is 1. The predicted molar refractivity (Wildman–Crippen MR) is 56.3 cm³/mol. The summed E-state index contributed by atoms with van der Waals surface area (Å²) < 4.78 is 4.83. The monoisotopic (exact) mass is 223 g/mol. The number of carboxylic acid groups (broad SMARTS) is 1. The van der Waals surface area contributed by atoms with Crippen molar-refractivity contribution in [3.05, 3.63) is 40.0 Å². The molecule has 0 unspecified atom stereocenters. The highest BCUT2D eigenvalue weighted by Gasteiger charge is 2.13. The lowest BCUT2D eigenvalue weighted by molar-refractivity contribution is -0.385. The maximum Gasteiger partial charge on any atom is 0.328 e. The molecule has 1 aromatic carbocycles. The summed E-state index contributed by atoms with van der Waals surface area (Å²) in [7, 11) is 1.31. The molecule has 0 aromatic heterocycles. The topological polar surface area (TPSA) is 89.7 Å². The van der Waals surface area contributed by atoms with E-state index in [-0.39, 0.29) is 11.4 Å². The van der Waals surface area contributed by atoms with Gasteiger partial charge in [0.2, 0.25) is 0 Å². The van der Waals surface area contributed by atoms with Crippen LogP contribution in [-0.2, 0) is 4.79 Å². The SMILES string of the molecule is COc1cc(/C=C/C(=O)O)ccc1[N+](=O)[O-]. The van der Waals surface area contributed by atoms with Gasteiger partial charge in [-0.15, -0.1) is 0 Å². The lowest BCUT2D eigenvalue weighted by atomic mass is 10.2. The van der Waals surface area contributed by atoms with Crippen molar-refractivity contribution in [1.29, 1.82) is 0 Å². The quantitative estimate of drug-likeness (QED) is 0.476. The molecular formula is C10H9NO5. The molecule has 1 rings (SSSR count). The fourth-order valence-corrected chi connectivity index (χ4v) is 1.12. The molecule has 16 heavy (non-hydrogen) atoms. The van der Waals surface area contributed by atoms with Crippen molar-refractivity contribution in [3.8, 4) is 5.75 Å². The molecular weight excluding hydrogens is 214 g/mol. The zero-order valence-corrected chi connectivity index (χ0v) is 8.41. The van der Waals surface area contributed by atoms with E-state index in [1.54, 1.807) is 0 Å². The van der Waals surface area contributed by atoms with E-state index in [9.17, 15) is 14.9 Å². The molecule has 0 aliphatic rings. The van der Waals surface area contributed by atoms with E-state index in [1.807, 2.05) is 0 Å². The third-order valence-corrected chi connectivity index (χ3v) is 1.82. The van der Waals surface area contributed by atoms with E-state index in [0.717, 1.165) is 6.08 Å². The molecule has 0 bridgehead atoms. The largest absolute Gasteiger partial charge is 0.490 e. The van der Waals surface area contributed by atoms with Gasteiger partial charge < -0.3 is 9.84 Å². The molecule has 0 aliphatic carbocycles. The van der Waals surface area contributed by atoms with Crippen molar-refractivity contribution in [1.82, 2.24) is 0 Å². The molecule has 0 fully saturated rings. The number of benzene rings is 1. The number of nitro groups is 1. The zero-order valence-electron chi connectivity index (χ0n) is 8.41. The third-order valence-electron chi connectivity index (χ3n) is 1.82. The van der Waals surface area contributed by atoms with Crippen LogP contribution in [0.1, 0.15) is 5.56 Å². The predicted octanol–water partition coefficient (Wildman–Crippen LogP) is 1.70. The Bertz CT molecular complexity index is 453. The highest BCUT2D eigenvalue weighted by molar-refractivity contribution is 5.85. The van der Waals surface area contributed by atoms with Gasteiger partial charge in [0.15, 0.2) is 5.75 Å². The number of ether oxygens (including phenoxy) is 1. The summed E-state index contributed by atoms with van der Waals surface area (Å²) in [5.41, 5.74) is 0.361. The molecule has 1 aromatic rings. The zero-order chi connectivity index (χ0) is 12.1. The molecule has 0 saturated heterocycles. The fraction of sp³-hybridized carbons (Fsp3) is 0.100. The van der Waals surface area contributed by atoms with Crippen LogP contribution < -0.4 is 4.74 Å². The van der Waals surface area contributed by atoms with Gasteiger partial charge in [-0.3, -0.25) is 10.1 Å². The van der Waals surface area contributed by atoms with Gasteiger partial charge in [0, 0.05) is 12.1 Å². The van der Waals surface area contributed by atoms with E-state index in [2.05, 4.69) is 0 Å². The molecule has 0 aliphatic heterocycles. The van der Waals surface area contributed by atoms with Crippen LogP contribution in [0.4, 0.5) is 5.69 Å². The number of rotatable bonds is 4. The summed E-state index contributed by atoms with van der Waals surface area (Å²) in [6.45, 7) is 0. The minimum atomic E-state index is -1.09. The lowest BCUT2D eigenvalue weighted by Gasteiger charge is -2.02. The van der Waals surface area contributed by atoms with Crippen LogP contribution in [0, 0.1) is 10.1 Å². The van der Waals surface area contributed by atoms with Gasteiger partial charge in [0.05, 0.1) is 12.0 Å². The fourth-order valence-electron chi connectivity index (χ4n) is 1.12. The minimum Gasteiger partial charge on any atom is -0.490 e. The maximum atomic E-state index is 10.6. The Balaban J connectivity index is 3.09. The summed E-state index contributed by atoms with van der Waals surface area (Å²) in [6.07, 6.45) is 2.27. The van der Waals surface area contributed by atoms with Crippen molar-refractivity contribution >= 4 is 17.7 Å². The Hall–Kier alpha value is -2.37. The first-order valence-electron chi connectivity index (χ1n) is 4.28. The van der Waals surface area contributed by atoms with Crippen molar-refractivity contribution in [3.63, 3.8) is 0 Å². The first-order valence-corrected chi connectivity index (χ1v) is 4.28. The van der Waals surface area contributed by atoms with Crippen molar-refractivity contribution in [2.24, 2.45) is 0 Å². The van der Waals surface area contributed by atoms with Gasteiger partial charge in [0.25, 0.3) is 0 Å². The molecule has 6 nitrogen and oxygen atoms in total. The maximum absolute atomic E-state index is 10.6. The minimum absolute atomic E-state index is 0.0949. The van der Waals surface area contributed by atoms with Crippen LogP contribution in [0.5, 0.6) is 5.75 Å². The van der Waals surface area contributed by atoms with Crippen LogP contribution in [0.3, 0.4) is 0 Å². The standard InChI is InChI=1S/C10H9NO5/c1-16-9-6-7(3-5-10(12)13)2-4-8(9)11(14)15/h2-6H,1H3,(H,12,13)/b5-3+. The second-order valence-electron chi connectivity index (χ2n) is 2.86. The van der Waals surface area contributed by atoms with Crippen LogP contribution in [-0.4, -0.2) is 23.1 Å². The van der Waals surface area contributed by atoms with Crippen LogP contribution in [0.15, 0.2) is 24.3 Å².